The van der Waals surface area contributed by atoms with Gasteiger partial charge in [-0.15, -0.1) is 0 Å². The van der Waals surface area contributed by atoms with Gasteiger partial charge in [0.1, 0.15) is 11.8 Å². The molecule has 206 valence electrons. The van der Waals surface area contributed by atoms with E-state index in [1.165, 1.54) is 12.0 Å². The highest BCUT2D eigenvalue weighted by molar-refractivity contribution is 9.10. The van der Waals surface area contributed by atoms with Gasteiger partial charge in [-0.3, -0.25) is 9.59 Å². The Balaban J connectivity index is 1.51. The highest BCUT2D eigenvalue weighted by Gasteiger charge is 2.31. The molecular formula is C33H39BrN2O3. The van der Waals surface area contributed by atoms with Gasteiger partial charge in [0.15, 0.2) is 0 Å². The summed E-state index contributed by atoms with van der Waals surface area (Å²) in [7, 11) is 0. The molecule has 0 unspecified atom stereocenters. The van der Waals surface area contributed by atoms with Crippen molar-refractivity contribution in [1.29, 1.82) is 0 Å². The minimum Gasteiger partial charge on any atom is -0.494 e. The van der Waals surface area contributed by atoms with Gasteiger partial charge in [-0.05, 0) is 61.6 Å². The van der Waals surface area contributed by atoms with Crippen LogP contribution in [0, 0.1) is 6.92 Å². The van der Waals surface area contributed by atoms with Gasteiger partial charge in [0.05, 0.1) is 6.61 Å². The molecule has 1 aliphatic rings. The van der Waals surface area contributed by atoms with Crippen molar-refractivity contribution >= 4 is 27.7 Å². The van der Waals surface area contributed by atoms with Gasteiger partial charge in [-0.2, -0.15) is 0 Å². The number of aryl methyl sites for hydroxylation is 1. The third kappa shape index (κ3) is 9.24. The molecule has 0 heterocycles. The van der Waals surface area contributed by atoms with E-state index in [-0.39, 0.29) is 17.9 Å². The van der Waals surface area contributed by atoms with E-state index in [0.717, 1.165) is 47.0 Å². The van der Waals surface area contributed by atoms with Crippen LogP contribution >= 0.6 is 15.9 Å². The number of benzene rings is 3. The molecule has 0 bridgehead atoms. The zero-order valence-electron chi connectivity index (χ0n) is 22.8. The molecule has 0 radical (unpaired) electrons. The SMILES string of the molecule is Cc1ccc(OCCCC(=O)N(Cc2ccc(Br)cc2)[C@H](Cc2ccccc2)C(=O)NC2CCCCC2)cc1. The molecule has 3 aromatic carbocycles. The van der Waals surface area contributed by atoms with Crippen molar-refractivity contribution in [3.05, 3.63) is 100 Å². The first-order valence-corrected chi connectivity index (χ1v) is 14.8. The van der Waals surface area contributed by atoms with Gasteiger partial charge in [0.25, 0.3) is 0 Å². The van der Waals surface area contributed by atoms with Crippen molar-refractivity contribution in [2.24, 2.45) is 0 Å². The van der Waals surface area contributed by atoms with Gasteiger partial charge in [0, 0.05) is 29.9 Å². The number of rotatable bonds is 12. The zero-order chi connectivity index (χ0) is 27.5. The highest BCUT2D eigenvalue weighted by Crippen LogP contribution is 2.21. The van der Waals surface area contributed by atoms with E-state index in [1.54, 1.807) is 4.90 Å². The van der Waals surface area contributed by atoms with Crippen molar-refractivity contribution in [3.63, 3.8) is 0 Å². The smallest absolute Gasteiger partial charge is 0.243 e. The third-order valence-electron chi connectivity index (χ3n) is 7.31. The largest absolute Gasteiger partial charge is 0.494 e. The number of hydrogen-bond donors (Lipinski definition) is 1. The third-order valence-corrected chi connectivity index (χ3v) is 7.84. The first kappa shape index (κ1) is 28.9. The number of carbonyl (C=O) groups excluding carboxylic acids is 2. The molecule has 2 amide bonds. The maximum Gasteiger partial charge on any atom is 0.243 e. The van der Waals surface area contributed by atoms with Crippen LogP contribution in [0.2, 0.25) is 0 Å². The molecular weight excluding hydrogens is 552 g/mol. The Bertz CT molecular complexity index is 1180. The number of amides is 2. The van der Waals surface area contributed by atoms with Crippen molar-refractivity contribution in [3.8, 4) is 5.75 Å². The molecule has 1 saturated carbocycles. The summed E-state index contributed by atoms with van der Waals surface area (Å²) in [5, 5.41) is 3.30. The van der Waals surface area contributed by atoms with Gasteiger partial charge < -0.3 is 15.0 Å². The van der Waals surface area contributed by atoms with E-state index < -0.39 is 6.04 Å². The van der Waals surface area contributed by atoms with Crippen LogP contribution < -0.4 is 10.1 Å². The van der Waals surface area contributed by atoms with Gasteiger partial charge in [-0.25, -0.2) is 0 Å². The second-order valence-corrected chi connectivity index (χ2v) is 11.4. The van der Waals surface area contributed by atoms with Crippen LogP contribution in [0.25, 0.3) is 0 Å². The Morgan fingerprint density at radius 3 is 2.31 bits per heavy atom. The minimum absolute atomic E-state index is 0.0369. The topological polar surface area (TPSA) is 58.6 Å². The van der Waals surface area contributed by atoms with E-state index in [2.05, 4.69) is 21.2 Å². The number of nitrogens with one attached hydrogen (secondary N) is 1. The Hall–Kier alpha value is -3.12. The highest BCUT2D eigenvalue weighted by atomic mass is 79.9. The second kappa shape index (κ2) is 14.9. The Morgan fingerprint density at radius 2 is 1.62 bits per heavy atom. The lowest BCUT2D eigenvalue weighted by molar-refractivity contribution is -0.141. The first-order chi connectivity index (χ1) is 19.0. The summed E-state index contributed by atoms with van der Waals surface area (Å²) in [4.78, 5) is 29.4. The Morgan fingerprint density at radius 1 is 0.923 bits per heavy atom. The fraction of sp³-hybridized carbons (Fsp3) is 0.394. The number of hydrogen-bond acceptors (Lipinski definition) is 3. The van der Waals surface area contributed by atoms with Crippen LogP contribution in [0.15, 0.2) is 83.3 Å². The molecule has 5 nitrogen and oxygen atoms in total. The second-order valence-electron chi connectivity index (χ2n) is 10.5. The Kier molecular flexibility index (Phi) is 11.0. The van der Waals surface area contributed by atoms with Crippen LogP contribution in [-0.4, -0.2) is 35.4 Å². The molecule has 4 rings (SSSR count). The summed E-state index contributed by atoms with van der Waals surface area (Å²) in [6.07, 6.45) is 6.85. The lowest BCUT2D eigenvalue weighted by atomic mass is 9.94. The predicted octanol–water partition coefficient (Wildman–Crippen LogP) is 7.01. The molecule has 6 heteroatoms. The van der Waals surface area contributed by atoms with Crippen LogP contribution in [0.4, 0.5) is 0 Å². The summed E-state index contributed by atoms with van der Waals surface area (Å²) in [6.45, 7) is 2.86. The summed E-state index contributed by atoms with van der Waals surface area (Å²) in [5.74, 6) is 0.700. The van der Waals surface area contributed by atoms with Crippen molar-refractivity contribution in [1.82, 2.24) is 10.2 Å². The van der Waals surface area contributed by atoms with Crippen molar-refractivity contribution in [2.45, 2.75) is 76.9 Å². The molecule has 0 aliphatic heterocycles. The number of carbonyl (C=O) groups is 2. The molecule has 0 saturated heterocycles. The molecule has 1 fully saturated rings. The molecule has 1 N–H and O–H groups in total. The van der Waals surface area contributed by atoms with Gasteiger partial charge in [-0.1, -0.05) is 95.4 Å². The lowest BCUT2D eigenvalue weighted by Gasteiger charge is -2.33. The molecule has 39 heavy (non-hydrogen) atoms. The summed E-state index contributed by atoms with van der Waals surface area (Å²) in [6, 6.07) is 25.4. The zero-order valence-corrected chi connectivity index (χ0v) is 24.4. The maximum atomic E-state index is 13.8. The van der Waals surface area contributed by atoms with E-state index in [1.807, 2.05) is 85.8 Å². The van der Waals surface area contributed by atoms with Gasteiger partial charge in [0.2, 0.25) is 11.8 Å². The molecule has 1 aliphatic carbocycles. The fourth-order valence-electron chi connectivity index (χ4n) is 5.08. The van der Waals surface area contributed by atoms with E-state index in [0.29, 0.717) is 32.4 Å². The number of ether oxygens (including phenoxy) is 1. The number of halogens is 1. The van der Waals surface area contributed by atoms with Crippen LogP contribution in [0.5, 0.6) is 5.75 Å². The average Bonchev–Trinajstić information content (AvgIpc) is 2.96. The molecule has 3 aromatic rings. The van der Waals surface area contributed by atoms with Crippen LogP contribution in [0.1, 0.15) is 61.6 Å². The predicted molar refractivity (Wildman–Crippen MR) is 160 cm³/mol. The monoisotopic (exact) mass is 590 g/mol. The maximum absolute atomic E-state index is 13.8. The van der Waals surface area contributed by atoms with Crippen molar-refractivity contribution in [2.75, 3.05) is 6.61 Å². The minimum atomic E-state index is -0.594. The van der Waals surface area contributed by atoms with E-state index in [4.69, 9.17) is 4.74 Å². The molecule has 1 atom stereocenters. The lowest BCUT2D eigenvalue weighted by Crippen LogP contribution is -2.52. The molecule has 0 aromatic heterocycles. The number of nitrogens with zero attached hydrogens (tertiary/aromatic N) is 1. The first-order valence-electron chi connectivity index (χ1n) is 14.1. The van der Waals surface area contributed by atoms with E-state index >= 15 is 0 Å². The Labute approximate surface area is 241 Å². The molecule has 0 spiro atoms. The summed E-state index contributed by atoms with van der Waals surface area (Å²) < 4.78 is 6.85. The average molecular weight is 592 g/mol. The quantitative estimate of drug-likeness (QED) is 0.231. The normalized spacial score (nSPS) is 14.4. The summed E-state index contributed by atoms with van der Waals surface area (Å²) in [5.41, 5.74) is 3.21. The fourth-order valence-corrected chi connectivity index (χ4v) is 5.34. The van der Waals surface area contributed by atoms with Gasteiger partial charge >= 0.3 is 0 Å². The van der Waals surface area contributed by atoms with E-state index in [9.17, 15) is 9.59 Å². The standard InChI is InChI=1S/C33H39BrN2O3/c1-25-14-20-30(21-15-25)39-22-8-13-32(37)36(24-27-16-18-28(34)19-17-27)31(23-26-9-4-2-5-10-26)33(38)35-29-11-6-3-7-12-29/h2,4-5,9-10,14-21,29,31H,3,6-8,11-13,22-24H2,1H3,(H,35,38)/t31-/m1/s1. The van der Waals surface area contributed by atoms with Crippen LogP contribution in [-0.2, 0) is 22.6 Å². The summed E-state index contributed by atoms with van der Waals surface area (Å²) >= 11 is 3.50. The van der Waals surface area contributed by atoms with Crippen molar-refractivity contribution < 1.29 is 14.3 Å². The van der Waals surface area contributed by atoms with Crippen LogP contribution in [0.3, 0.4) is 0 Å².